The number of halogens is 2. The lowest BCUT2D eigenvalue weighted by molar-refractivity contribution is -0.137. The Balaban J connectivity index is 2.52. The van der Waals surface area contributed by atoms with Crippen LogP contribution in [0.5, 0.6) is 0 Å². The number of rotatable bonds is 2. The van der Waals surface area contributed by atoms with Gasteiger partial charge in [-0.1, -0.05) is 0 Å². The van der Waals surface area contributed by atoms with Crippen LogP contribution in [0.25, 0.3) is 0 Å². The third kappa shape index (κ3) is 1.58. The van der Waals surface area contributed by atoms with Crippen LogP contribution in [0.3, 0.4) is 0 Å². The molecule has 5 heteroatoms. The Bertz CT molecular complexity index is 482. The minimum absolute atomic E-state index is 0.0904. The predicted molar refractivity (Wildman–Crippen MR) is 50.3 cm³/mol. The number of aliphatic carboxylic acids is 1. The Kier molecular flexibility index (Phi) is 2.46. The lowest BCUT2D eigenvalue weighted by Gasteiger charge is -2.08. The van der Waals surface area contributed by atoms with Crippen molar-refractivity contribution in [3.05, 3.63) is 34.9 Å². The van der Waals surface area contributed by atoms with E-state index in [9.17, 15) is 18.4 Å². The molecule has 2 rings (SSSR count). The first-order valence-corrected chi connectivity index (χ1v) is 4.73. The molecular formula is C11H8F2O3. The zero-order chi connectivity index (χ0) is 11.9. The normalized spacial score (nSPS) is 18.6. The largest absolute Gasteiger partial charge is 0.481 e. The molecule has 0 fully saturated rings. The molecule has 0 radical (unpaired) electrons. The second-order valence-electron chi connectivity index (χ2n) is 3.74. The molecule has 0 bridgehead atoms. The smallest absolute Gasteiger partial charge is 0.303 e. The fourth-order valence-electron chi connectivity index (χ4n) is 2.06. The third-order valence-electron chi connectivity index (χ3n) is 2.68. The quantitative estimate of drug-likeness (QED) is 0.840. The summed E-state index contributed by atoms with van der Waals surface area (Å²) in [6.45, 7) is 0. The van der Waals surface area contributed by atoms with Gasteiger partial charge in [-0.15, -0.1) is 0 Å². The van der Waals surface area contributed by atoms with Crippen LogP contribution >= 0.6 is 0 Å². The van der Waals surface area contributed by atoms with E-state index in [1.54, 1.807) is 0 Å². The summed E-state index contributed by atoms with van der Waals surface area (Å²) in [5.41, 5.74) is -0.376. The van der Waals surface area contributed by atoms with Crippen molar-refractivity contribution in [2.24, 2.45) is 0 Å². The van der Waals surface area contributed by atoms with Crippen molar-refractivity contribution in [3.8, 4) is 0 Å². The molecule has 0 saturated heterocycles. The van der Waals surface area contributed by atoms with E-state index in [1.807, 2.05) is 0 Å². The van der Waals surface area contributed by atoms with Crippen molar-refractivity contribution in [2.45, 2.75) is 18.8 Å². The SMILES string of the molecule is O=C(O)C[C@@H]1CC(=O)c2c(F)ccc(F)c21. The van der Waals surface area contributed by atoms with E-state index < -0.39 is 29.3 Å². The van der Waals surface area contributed by atoms with E-state index >= 15 is 0 Å². The minimum Gasteiger partial charge on any atom is -0.481 e. The van der Waals surface area contributed by atoms with E-state index in [0.29, 0.717) is 0 Å². The Morgan fingerprint density at radius 1 is 1.38 bits per heavy atom. The van der Waals surface area contributed by atoms with Gasteiger partial charge in [-0.25, -0.2) is 8.78 Å². The number of carbonyl (C=O) groups is 2. The van der Waals surface area contributed by atoms with Gasteiger partial charge >= 0.3 is 5.97 Å². The molecule has 0 saturated carbocycles. The number of fused-ring (bicyclic) bond motifs is 1. The standard InChI is InChI=1S/C11H8F2O3/c12-6-1-2-7(13)11-8(14)3-5(10(6)11)4-9(15)16/h1-2,5H,3-4H2,(H,15,16)/t5-/m0/s1. The van der Waals surface area contributed by atoms with Gasteiger partial charge in [0.1, 0.15) is 11.6 Å². The van der Waals surface area contributed by atoms with Gasteiger partial charge in [0.15, 0.2) is 5.78 Å². The maximum absolute atomic E-state index is 13.4. The van der Waals surface area contributed by atoms with Gasteiger partial charge in [-0.3, -0.25) is 9.59 Å². The zero-order valence-electron chi connectivity index (χ0n) is 8.17. The fraction of sp³-hybridized carbons (Fsp3) is 0.273. The number of carboxylic acids is 1. The van der Waals surface area contributed by atoms with Gasteiger partial charge in [0.05, 0.1) is 12.0 Å². The fourth-order valence-corrected chi connectivity index (χ4v) is 2.06. The highest BCUT2D eigenvalue weighted by Crippen LogP contribution is 2.38. The molecule has 0 spiro atoms. The molecule has 84 valence electrons. The summed E-state index contributed by atoms with van der Waals surface area (Å²) >= 11 is 0. The third-order valence-corrected chi connectivity index (χ3v) is 2.68. The van der Waals surface area contributed by atoms with Crippen molar-refractivity contribution in [2.75, 3.05) is 0 Å². The molecule has 3 nitrogen and oxygen atoms in total. The first kappa shape index (κ1) is 10.7. The van der Waals surface area contributed by atoms with Crippen LogP contribution in [0.15, 0.2) is 12.1 Å². The Morgan fingerprint density at radius 3 is 2.62 bits per heavy atom. The monoisotopic (exact) mass is 226 g/mol. The van der Waals surface area contributed by atoms with Crippen LogP contribution in [0.1, 0.15) is 34.7 Å². The average Bonchev–Trinajstić information content (AvgIpc) is 2.49. The molecule has 1 aliphatic carbocycles. The number of carbonyl (C=O) groups excluding carboxylic acids is 1. The van der Waals surface area contributed by atoms with Crippen LogP contribution in [0.4, 0.5) is 8.78 Å². The average molecular weight is 226 g/mol. The first-order valence-electron chi connectivity index (χ1n) is 4.73. The molecule has 1 aromatic carbocycles. The second kappa shape index (κ2) is 3.66. The minimum atomic E-state index is -1.13. The van der Waals surface area contributed by atoms with Gasteiger partial charge in [-0.05, 0) is 12.1 Å². The Hall–Kier alpha value is -1.78. The summed E-state index contributed by atoms with van der Waals surface area (Å²) in [4.78, 5) is 22.0. The van der Waals surface area contributed by atoms with Gasteiger partial charge in [0, 0.05) is 17.9 Å². The maximum Gasteiger partial charge on any atom is 0.303 e. The summed E-state index contributed by atoms with van der Waals surface area (Å²) in [7, 11) is 0. The number of ketones is 1. The summed E-state index contributed by atoms with van der Waals surface area (Å²) in [6.07, 6.45) is -0.501. The molecule has 1 aliphatic rings. The number of Topliss-reactive ketones (excluding diaryl/α,β-unsaturated/α-hetero) is 1. The lowest BCUT2D eigenvalue weighted by Crippen LogP contribution is -2.05. The van der Waals surface area contributed by atoms with Crippen LogP contribution < -0.4 is 0 Å². The van der Waals surface area contributed by atoms with Crippen LogP contribution in [0.2, 0.25) is 0 Å². The number of hydrogen-bond donors (Lipinski definition) is 1. The number of benzene rings is 1. The Morgan fingerprint density at radius 2 is 2.00 bits per heavy atom. The summed E-state index contributed by atoms with van der Waals surface area (Å²) in [6, 6.07) is 1.80. The highest BCUT2D eigenvalue weighted by Gasteiger charge is 2.35. The van der Waals surface area contributed by atoms with Crippen molar-refractivity contribution >= 4 is 11.8 Å². The van der Waals surface area contributed by atoms with Crippen molar-refractivity contribution in [3.63, 3.8) is 0 Å². The van der Waals surface area contributed by atoms with Crippen LogP contribution in [0, 0.1) is 11.6 Å². The predicted octanol–water partition coefficient (Wildman–Crippen LogP) is 2.11. The topological polar surface area (TPSA) is 54.4 Å². The number of carboxylic acid groups (broad SMARTS) is 1. The van der Waals surface area contributed by atoms with Gasteiger partial charge < -0.3 is 5.11 Å². The first-order chi connectivity index (χ1) is 7.50. The molecule has 1 atom stereocenters. The zero-order valence-corrected chi connectivity index (χ0v) is 8.17. The van der Waals surface area contributed by atoms with Gasteiger partial charge in [0.25, 0.3) is 0 Å². The molecule has 1 N–H and O–H groups in total. The lowest BCUT2D eigenvalue weighted by atomic mass is 9.97. The van der Waals surface area contributed by atoms with Gasteiger partial charge in [0.2, 0.25) is 0 Å². The molecule has 0 unspecified atom stereocenters. The second-order valence-corrected chi connectivity index (χ2v) is 3.74. The van der Waals surface area contributed by atoms with Crippen molar-refractivity contribution in [1.29, 1.82) is 0 Å². The summed E-state index contributed by atoms with van der Waals surface area (Å²) in [5, 5.41) is 8.62. The van der Waals surface area contributed by atoms with E-state index in [2.05, 4.69) is 0 Å². The number of hydrogen-bond acceptors (Lipinski definition) is 2. The van der Waals surface area contributed by atoms with Crippen molar-refractivity contribution < 1.29 is 23.5 Å². The molecule has 0 heterocycles. The molecule has 0 aliphatic heterocycles. The molecular weight excluding hydrogens is 218 g/mol. The van der Waals surface area contributed by atoms with E-state index in [1.165, 1.54) is 0 Å². The maximum atomic E-state index is 13.4. The molecule has 0 amide bonds. The molecule has 16 heavy (non-hydrogen) atoms. The summed E-state index contributed by atoms with van der Waals surface area (Å²) < 4.78 is 26.7. The van der Waals surface area contributed by atoms with Crippen molar-refractivity contribution in [1.82, 2.24) is 0 Å². The highest BCUT2D eigenvalue weighted by atomic mass is 19.1. The van der Waals surface area contributed by atoms with E-state index in [-0.39, 0.29) is 24.0 Å². The molecule has 1 aromatic rings. The molecule has 0 aromatic heterocycles. The van der Waals surface area contributed by atoms with E-state index in [0.717, 1.165) is 12.1 Å². The van der Waals surface area contributed by atoms with Gasteiger partial charge in [-0.2, -0.15) is 0 Å². The highest BCUT2D eigenvalue weighted by molar-refractivity contribution is 6.02. The van der Waals surface area contributed by atoms with Crippen LogP contribution in [-0.2, 0) is 4.79 Å². The van der Waals surface area contributed by atoms with E-state index in [4.69, 9.17) is 5.11 Å². The Labute approximate surface area is 89.7 Å². The summed E-state index contributed by atoms with van der Waals surface area (Å²) in [5.74, 6) is -3.91. The van der Waals surface area contributed by atoms with Crippen LogP contribution in [-0.4, -0.2) is 16.9 Å².